The Hall–Kier alpha value is -2.06. The number of hydrogen-bond acceptors (Lipinski definition) is 3. The largest absolute Gasteiger partial charge is 0.450 e. The van der Waals surface area contributed by atoms with E-state index < -0.39 is 0 Å². The number of hydrogen-bond donors (Lipinski definition) is 1. The molecule has 24 heavy (non-hydrogen) atoms. The van der Waals surface area contributed by atoms with Gasteiger partial charge in [-0.1, -0.05) is 25.3 Å². The first-order valence-corrected chi connectivity index (χ1v) is 8.86. The Labute approximate surface area is 151 Å². The standard InChI is InChI=1S/C19H21BrN2O2/c1-3-4-13-24-19(23)21-12-6-5-7-15-9-10-16-14(2)8-11-17(20)18(16)22-15/h8-11H,3-4,6,12-13H2,1-2H3,(H,21,23). The van der Waals surface area contributed by atoms with Crippen LogP contribution in [-0.2, 0) is 4.74 Å². The molecule has 1 aromatic carbocycles. The van der Waals surface area contributed by atoms with Crippen molar-refractivity contribution < 1.29 is 9.53 Å². The molecule has 0 aliphatic carbocycles. The van der Waals surface area contributed by atoms with E-state index >= 15 is 0 Å². The van der Waals surface area contributed by atoms with Gasteiger partial charge in [0.05, 0.1) is 12.1 Å². The van der Waals surface area contributed by atoms with Crippen LogP contribution in [0.5, 0.6) is 0 Å². The van der Waals surface area contributed by atoms with Gasteiger partial charge in [-0.2, -0.15) is 0 Å². The lowest BCUT2D eigenvalue weighted by Crippen LogP contribution is -2.25. The molecule has 4 nitrogen and oxygen atoms in total. The quantitative estimate of drug-likeness (QED) is 0.602. The minimum absolute atomic E-state index is 0.381. The normalized spacial score (nSPS) is 10.1. The third-order valence-electron chi connectivity index (χ3n) is 3.49. The number of benzene rings is 1. The molecule has 0 bridgehead atoms. The van der Waals surface area contributed by atoms with E-state index in [-0.39, 0.29) is 6.09 Å². The summed E-state index contributed by atoms with van der Waals surface area (Å²) >= 11 is 3.53. The van der Waals surface area contributed by atoms with Crippen LogP contribution in [0.4, 0.5) is 4.79 Å². The molecule has 5 heteroatoms. The van der Waals surface area contributed by atoms with E-state index in [0.29, 0.717) is 19.6 Å². The van der Waals surface area contributed by atoms with Gasteiger partial charge in [-0.15, -0.1) is 0 Å². The molecular weight excluding hydrogens is 368 g/mol. The zero-order chi connectivity index (χ0) is 17.4. The van der Waals surface area contributed by atoms with Crippen LogP contribution in [0, 0.1) is 18.8 Å². The highest BCUT2D eigenvalue weighted by Crippen LogP contribution is 2.25. The molecule has 1 amide bonds. The summed E-state index contributed by atoms with van der Waals surface area (Å²) in [6.45, 7) is 5.04. The molecule has 0 fully saturated rings. The number of amides is 1. The van der Waals surface area contributed by atoms with Crippen molar-refractivity contribution in [2.24, 2.45) is 0 Å². The number of fused-ring (bicyclic) bond motifs is 1. The summed E-state index contributed by atoms with van der Waals surface area (Å²) in [6, 6.07) is 8.01. The number of alkyl carbamates (subject to hydrolysis) is 1. The van der Waals surface area contributed by atoms with Crippen LogP contribution < -0.4 is 5.32 Å². The van der Waals surface area contributed by atoms with Crippen molar-refractivity contribution in [1.29, 1.82) is 0 Å². The first kappa shape index (κ1) is 18.3. The molecule has 126 valence electrons. The number of rotatable bonds is 5. The summed E-state index contributed by atoms with van der Waals surface area (Å²) in [7, 11) is 0. The van der Waals surface area contributed by atoms with E-state index in [9.17, 15) is 4.79 Å². The number of halogens is 1. The van der Waals surface area contributed by atoms with E-state index in [2.05, 4.69) is 58.0 Å². The number of carbonyl (C=O) groups excluding carboxylic acids is 1. The number of carbonyl (C=O) groups is 1. The number of aromatic nitrogens is 1. The van der Waals surface area contributed by atoms with Gasteiger partial charge in [-0.3, -0.25) is 0 Å². The average Bonchev–Trinajstić information content (AvgIpc) is 2.58. The number of nitrogens with zero attached hydrogens (tertiary/aromatic N) is 1. The van der Waals surface area contributed by atoms with Gasteiger partial charge in [0.1, 0.15) is 5.69 Å². The molecule has 0 saturated carbocycles. The fraction of sp³-hybridized carbons (Fsp3) is 0.368. The fourth-order valence-electron chi connectivity index (χ4n) is 2.14. The Kier molecular flexibility index (Phi) is 7.07. The van der Waals surface area contributed by atoms with Gasteiger partial charge in [0, 0.05) is 22.8 Å². The van der Waals surface area contributed by atoms with Crippen LogP contribution in [0.3, 0.4) is 0 Å². The highest BCUT2D eigenvalue weighted by Gasteiger charge is 2.03. The first-order valence-electron chi connectivity index (χ1n) is 8.07. The van der Waals surface area contributed by atoms with E-state index in [1.54, 1.807) is 0 Å². The van der Waals surface area contributed by atoms with Crippen LogP contribution >= 0.6 is 15.9 Å². The second-order valence-electron chi connectivity index (χ2n) is 5.42. The molecule has 0 aliphatic rings. The van der Waals surface area contributed by atoms with Crippen molar-refractivity contribution in [3.63, 3.8) is 0 Å². The van der Waals surface area contributed by atoms with Crippen LogP contribution in [0.2, 0.25) is 0 Å². The second kappa shape index (κ2) is 9.29. The van der Waals surface area contributed by atoms with Gasteiger partial charge >= 0.3 is 6.09 Å². The van der Waals surface area contributed by atoms with Crippen LogP contribution in [-0.4, -0.2) is 24.2 Å². The Morgan fingerprint density at radius 1 is 1.33 bits per heavy atom. The smallest absolute Gasteiger partial charge is 0.407 e. The highest BCUT2D eigenvalue weighted by atomic mass is 79.9. The summed E-state index contributed by atoms with van der Waals surface area (Å²) in [5, 5.41) is 3.80. The summed E-state index contributed by atoms with van der Waals surface area (Å²) in [6.07, 6.45) is 2.06. The third-order valence-corrected chi connectivity index (χ3v) is 4.13. The molecule has 1 aromatic heterocycles. The fourth-order valence-corrected chi connectivity index (χ4v) is 2.57. The second-order valence-corrected chi connectivity index (χ2v) is 6.28. The van der Waals surface area contributed by atoms with Gasteiger partial charge < -0.3 is 10.1 Å². The summed E-state index contributed by atoms with van der Waals surface area (Å²) in [4.78, 5) is 16.0. The van der Waals surface area contributed by atoms with Gasteiger partial charge in [0.25, 0.3) is 0 Å². The van der Waals surface area contributed by atoms with E-state index in [1.807, 2.05) is 18.2 Å². The summed E-state index contributed by atoms with van der Waals surface area (Å²) < 4.78 is 5.97. The predicted molar refractivity (Wildman–Crippen MR) is 99.9 cm³/mol. The molecule has 0 aliphatic heterocycles. The lowest BCUT2D eigenvalue weighted by molar-refractivity contribution is 0.145. The lowest BCUT2D eigenvalue weighted by atomic mass is 10.1. The minimum atomic E-state index is -0.381. The van der Waals surface area contributed by atoms with Gasteiger partial charge in [0.2, 0.25) is 0 Å². The monoisotopic (exact) mass is 388 g/mol. The Morgan fingerprint density at radius 3 is 2.96 bits per heavy atom. The molecule has 1 heterocycles. The minimum Gasteiger partial charge on any atom is -0.450 e. The summed E-state index contributed by atoms with van der Waals surface area (Å²) in [5.74, 6) is 6.06. The third kappa shape index (κ3) is 5.24. The molecule has 1 N–H and O–H groups in total. The van der Waals surface area contributed by atoms with E-state index in [0.717, 1.165) is 33.9 Å². The molecule has 0 saturated heterocycles. The first-order chi connectivity index (χ1) is 11.6. The lowest BCUT2D eigenvalue weighted by Gasteiger charge is -2.04. The van der Waals surface area contributed by atoms with Crippen LogP contribution in [0.1, 0.15) is 37.4 Å². The number of ether oxygens (including phenoxy) is 1. The molecular formula is C19H21BrN2O2. The number of nitrogens with one attached hydrogen (secondary N) is 1. The van der Waals surface area contributed by atoms with Gasteiger partial charge in [-0.25, -0.2) is 9.78 Å². The van der Waals surface area contributed by atoms with Crippen molar-refractivity contribution in [3.8, 4) is 11.8 Å². The maximum absolute atomic E-state index is 11.4. The predicted octanol–water partition coefficient (Wildman–Crippen LogP) is 4.57. The van der Waals surface area contributed by atoms with Crippen molar-refractivity contribution in [3.05, 3.63) is 40.0 Å². The topological polar surface area (TPSA) is 51.2 Å². The molecule has 0 atom stereocenters. The van der Waals surface area contributed by atoms with Crippen LogP contribution in [0.25, 0.3) is 10.9 Å². The highest BCUT2D eigenvalue weighted by molar-refractivity contribution is 9.10. The molecule has 0 unspecified atom stereocenters. The maximum atomic E-state index is 11.4. The SMILES string of the molecule is CCCCOC(=O)NCCC#Cc1ccc2c(C)ccc(Br)c2n1. The van der Waals surface area contributed by atoms with Crippen LogP contribution in [0.15, 0.2) is 28.7 Å². The average molecular weight is 389 g/mol. The molecule has 0 spiro atoms. The van der Waals surface area contributed by atoms with Crippen molar-refractivity contribution >= 4 is 32.9 Å². The Balaban J connectivity index is 1.89. The molecule has 2 aromatic rings. The summed E-state index contributed by atoms with van der Waals surface area (Å²) in [5.41, 5.74) is 2.82. The molecule has 2 rings (SSSR count). The maximum Gasteiger partial charge on any atom is 0.407 e. The zero-order valence-corrected chi connectivity index (χ0v) is 15.6. The van der Waals surface area contributed by atoms with E-state index in [4.69, 9.17) is 4.74 Å². The van der Waals surface area contributed by atoms with Crippen molar-refractivity contribution in [1.82, 2.24) is 10.3 Å². The zero-order valence-electron chi connectivity index (χ0n) is 14.0. The Morgan fingerprint density at radius 2 is 2.17 bits per heavy atom. The number of pyridine rings is 1. The van der Waals surface area contributed by atoms with Gasteiger partial charge in [-0.05, 0) is 59.0 Å². The van der Waals surface area contributed by atoms with Crippen molar-refractivity contribution in [2.45, 2.75) is 33.1 Å². The van der Waals surface area contributed by atoms with Crippen molar-refractivity contribution in [2.75, 3.05) is 13.2 Å². The van der Waals surface area contributed by atoms with Gasteiger partial charge in [0.15, 0.2) is 0 Å². The number of unbranched alkanes of at least 4 members (excludes halogenated alkanes) is 1. The Bertz CT molecular complexity index is 778. The van der Waals surface area contributed by atoms with E-state index in [1.165, 1.54) is 5.56 Å². The number of aryl methyl sites for hydroxylation is 1. The molecule has 0 radical (unpaired) electrons.